The first-order valence-corrected chi connectivity index (χ1v) is 13.6. The molecule has 0 unspecified atom stereocenters. The summed E-state index contributed by atoms with van der Waals surface area (Å²) in [6.45, 7) is 11.0. The van der Waals surface area contributed by atoms with Crippen molar-refractivity contribution in [2.24, 2.45) is 0 Å². The van der Waals surface area contributed by atoms with Crippen molar-refractivity contribution in [3.05, 3.63) is 48.0 Å². The van der Waals surface area contributed by atoms with Crippen LogP contribution < -0.4 is 13.9 Å². The molecule has 0 saturated carbocycles. The molecule has 0 fully saturated rings. The van der Waals surface area contributed by atoms with E-state index in [1.807, 2.05) is 36.4 Å². The maximum Gasteiger partial charge on any atom is 0.330 e. The Morgan fingerprint density at radius 1 is 0.939 bits per heavy atom. The summed E-state index contributed by atoms with van der Waals surface area (Å²) in [4.78, 5) is 11.4. The minimum atomic E-state index is -2.01. The molecule has 3 rings (SSSR count). The van der Waals surface area contributed by atoms with Gasteiger partial charge in [-0.3, -0.25) is 0 Å². The predicted molar refractivity (Wildman–Crippen MR) is 134 cm³/mol. The zero-order valence-electron chi connectivity index (χ0n) is 20.6. The first-order valence-electron chi connectivity index (χ1n) is 10.7. The van der Waals surface area contributed by atoms with Crippen LogP contribution in [-0.2, 0) is 9.53 Å². The molecule has 33 heavy (non-hydrogen) atoms. The van der Waals surface area contributed by atoms with Gasteiger partial charge < -0.3 is 23.1 Å². The van der Waals surface area contributed by atoms with Crippen molar-refractivity contribution in [2.75, 3.05) is 21.3 Å². The maximum absolute atomic E-state index is 11.4. The molecule has 0 aliphatic heterocycles. The van der Waals surface area contributed by atoms with Crippen molar-refractivity contribution in [3.8, 4) is 28.6 Å². The van der Waals surface area contributed by atoms with E-state index in [1.54, 1.807) is 20.3 Å². The smallest absolute Gasteiger partial charge is 0.330 e. The number of carbonyl (C=O) groups excluding carboxylic acids is 1. The summed E-state index contributed by atoms with van der Waals surface area (Å²) in [6, 6.07) is 11.5. The fraction of sp³-hybridized carbons (Fsp3) is 0.346. The third kappa shape index (κ3) is 5.25. The van der Waals surface area contributed by atoms with Crippen molar-refractivity contribution >= 4 is 31.3 Å². The highest BCUT2D eigenvalue weighted by Crippen LogP contribution is 2.42. The van der Waals surface area contributed by atoms with Gasteiger partial charge in [0.15, 0.2) is 17.1 Å². The Balaban J connectivity index is 2.00. The lowest BCUT2D eigenvalue weighted by Gasteiger charge is -2.36. The molecule has 0 bridgehead atoms. The molecular weight excluding hydrogens is 436 g/mol. The number of furan rings is 1. The summed E-state index contributed by atoms with van der Waals surface area (Å²) < 4.78 is 28.4. The number of esters is 1. The summed E-state index contributed by atoms with van der Waals surface area (Å²) >= 11 is 0. The van der Waals surface area contributed by atoms with E-state index in [9.17, 15) is 4.79 Å². The van der Waals surface area contributed by atoms with Crippen LogP contribution in [0.1, 0.15) is 26.3 Å². The molecule has 1 heterocycles. The van der Waals surface area contributed by atoms with E-state index in [-0.39, 0.29) is 5.04 Å². The number of hydrogen-bond donors (Lipinski definition) is 0. The molecular formula is C26H32O6Si. The molecule has 0 radical (unpaired) electrons. The lowest BCUT2D eigenvalue weighted by atomic mass is 10.1. The average molecular weight is 469 g/mol. The standard InChI is InChI=1S/C26H32O6Si/c1-26(2,3)33(7,8)32-20-11-10-18(15-22(20)28-4)21-16-19-13-17(9-12-24(27)30-6)14-23(29-5)25(19)31-21/h9-16H,1-8H3/b12-9+. The topological polar surface area (TPSA) is 67.1 Å². The second-order valence-corrected chi connectivity index (χ2v) is 14.1. The lowest BCUT2D eigenvalue weighted by Crippen LogP contribution is -2.43. The minimum Gasteiger partial charge on any atom is -0.541 e. The molecule has 0 N–H and O–H groups in total. The largest absolute Gasteiger partial charge is 0.541 e. The molecule has 0 spiro atoms. The van der Waals surface area contributed by atoms with Gasteiger partial charge in [-0.1, -0.05) is 20.8 Å². The molecule has 176 valence electrons. The Morgan fingerprint density at radius 3 is 2.24 bits per heavy atom. The van der Waals surface area contributed by atoms with Crippen molar-refractivity contribution < 1.29 is 27.8 Å². The third-order valence-corrected chi connectivity index (χ3v) is 10.4. The number of ether oxygens (including phenoxy) is 3. The zero-order chi connectivity index (χ0) is 24.4. The highest BCUT2D eigenvalue weighted by molar-refractivity contribution is 6.74. The Morgan fingerprint density at radius 2 is 1.64 bits per heavy atom. The monoisotopic (exact) mass is 468 g/mol. The van der Waals surface area contributed by atoms with Crippen LogP contribution in [0.2, 0.25) is 18.1 Å². The molecule has 6 nitrogen and oxygen atoms in total. The van der Waals surface area contributed by atoms with Gasteiger partial charge in [-0.25, -0.2) is 4.79 Å². The zero-order valence-corrected chi connectivity index (χ0v) is 21.6. The van der Waals surface area contributed by atoms with Gasteiger partial charge in [-0.2, -0.15) is 0 Å². The van der Waals surface area contributed by atoms with Gasteiger partial charge in [-0.05, 0) is 66.2 Å². The van der Waals surface area contributed by atoms with Gasteiger partial charge in [-0.15, -0.1) is 0 Å². The molecule has 0 saturated heterocycles. The van der Waals surface area contributed by atoms with Gasteiger partial charge in [0.25, 0.3) is 8.32 Å². The Bertz CT molecular complexity index is 1180. The SMILES string of the molecule is COC(=O)/C=C/c1cc(OC)c2oc(-c3ccc(O[Si](C)(C)C(C)(C)C)c(OC)c3)cc2c1. The fourth-order valence-corrected chi connectivity index (χ4v) is 4.12. The van der Waals surface area contributed by atoms with Crippen molar-refractivity contribution in [2.45, 2.75) is 38.9 Å². The third-order valence-electron chi connectivity index (χ3n) is 6.06. The van der Waals surface area contributed by atoms with Gasteiger partial charge in [0.05, 0.1) is 21.3 Å². The predicted octanol–water partition coefficient (Wildman–Crippen LogP) is 6.69. The van der Waals surface area contributed by atoms with E-state index in [1.165, 1.54) is 13.2 Å². The highest BCUT2D eigenvalue weighted by Gasteiger charge is 2.39. The summed E-state index contributed by atoms with van der Waals surface area (Å²) in [5, 5.41) is 0.931. The molecule has 0 atom stereocenters. The molecule has 0 aliphatic rings. The molecule has 0 aliphatic carbocycles. The van der Waals surface area contributed by atoms with Crippen molar-refractivity contribution in [1.82, 2.24) is 0 Å². The Hall–Kier alpha value is -3.19. The van der Waals surface area contributed by atoms with Crippen LogP contribution in [0.15, 0.2) is 46.9 Å². The Kier molecular flexibility index (Phi) is 6.93. The van der Waals surface area contributed by atoms with E-state index in [2.05, 4.69) is 38.6 Å². The van der Waals surface area contributed by atoms with Crippen molar-refractivity contribution in [1.29, 1.82) is 0 Å². The van der Waals surface area contributed by atoms with Gasteiger partial charge in [0, 0.05) is 17.0 Å². The summed E-state index contributed by atoms with van der Waals surface area (Å²) in [7, 11) is 2.55. The van der Waals surface area contributed by atoms with Gasteiger partial charge in [0.1, 0.15) is 11.5 Å². The van der Waals surface area contributed by atoms with Crippen LogP contribution in [0.3, 0.4) is 0 Å². The number of benzene rings is 2. The van der Waals surface area contributed by atoms with Crippen LogP contribution in [0, 0.1) is 0 Å². The summed E-state index contributed by atoms with van der Waals surface area (Å²) in [5.41, 5.74) is 2.29. The van der Waals surface area contributed by atoms with E-state index < -0.39 is 14.3 Å². The van der Waals surface area contributed by atoms with E-state index in [0.29, 0.717) is 22.8 Å². The average Bonchev–Trinajstić information content (AvgIpc) is 3.20. The number of rotatable bonds is 7. The van der Waals surface area contributed by atoms with Crippen LogP contribution in [0.5, 0.6) is 17.2 Å². The molecule has 3 aromatic rings. The highest BCUT2D eigenvalue weighted by atomic mass is 28.4. The molecule has 7 heteroatoms. The Labute approximate surface area is 196 Å². The number of fused-ring (bicyclic) bond motifs is 1. The van der Waals surface area contributed by atoms with Gasteiger partial charge >= 0.3 is 5.97 Å². The van der Waals surface area contributed by atoms with E-state index in [0.717, 1.165) is 22.3 Å². The number of methoxy groups -OCH3 is 3. The number of hydrogen-bond acceptors (Lipinski definition) is 6. The van der Waals surface area contributed by atoms with Crippen LogP contribution in [0.25, 0.3) is 28.4 Å². The van der Waals surface area contributed by atoms with E-state index >= 15 is 0 Å². The molecule has 0 amide bonds. The first-order chi connectivity index (χ1) is 15.5. The second kappa shape index (κ2) is 9.35. The quantitative estimate of drug-likeness (QED) is 0.219. The lowest BCUT2D eigenvalue weighted by molar-refractivity contribution is -0.134. The first kappa shape index (κ1) is 24.4. The van der Waals surface area contributed by atoms with Crippen LogP contribution in [0.4, 0.5) is 0 Å². The van der Waals surface area contributed by atoms with Gasteiger partial charge in [0.2, 0.25) is 0 Å². The second-order valence-electron chi connectivity index (χ2n) is 9.34. The normalized spacial score (nSPS) is 12.2. The molecule has 2 aromatic carbocycles. The minimum absolute atomic E-state index is 0.0754. The number of carbonyl (C=O) groups is 1. The van der Waals surface area contributed by atoms with Crippen molar-refractivity contribution in [3.63, 3.8) is 0 Å². The van der Waals surface area contributed by atoms with E-state index in [4.69, 9.17) is 18.3 Å². The fourth-order valence-electron chi connectivity index (χ4n) is 3.10. The maximum atomic E-state index is 11.4. The molecule has 1 aromatic heterocycles. The summed E-state index contributed by atoms with van der Waals surface area (Å²) in [5.74, 6) is 2.22. The summed E-state index contributed by atoms with van der Waals surface area (Å²) in [6.07, 6.45) is 3.05. The van der Waals surface area contributed by atoms with Crippen LogP contribution >= 0.6 is 0 Å². The van der Waals surface area contributed by atoms with Crippen LogP contribution in [-0.4, -0.2) is 35.6 Å².